The molecule has 1 aromatic carbocycles. The van der Waals surface area contributed by atoms with Crippen LogP contribution in [0.4, 0.5) is 10.1 Å². The van der Waals surface area contributed by atoms with E-state index in [0.29, 0.717) is 5.56 Å². The number of nitrogens with zero attached hydrogens (tertiary/aromatic N) is 1. The van der Waals surface area contributed by atoms with E-state index in [2.05, 4.69) is 19.9 Å². The minimum Gasteiger partial charge on any atom is -0.396 e. The maximum atomic E-state index is 13.4. The zero-order valence-corrected chi connectivity index (χ0v) is 9.45. The van der Waals surface area contributed by atoms with Gasteiger partial charge in [0.2, 0.25) is 0 Å². The van der Waals surface area contributed by atoms with Crippen LogP contribution in [0, 0.1) is 5.82 Å². The van der Waals surface area contributed by atoms with Crippen LogP contribution < -0.4 is 17.0 Å². The number of aromatic amines is 3. The number of benzene rings is 1. The van der Waals surface area contributed by atoms with Crippen molar-refractivity contribution >= 4 is 16.9 Å². The second-order valence-electron chi connectivity index (χ2n) is 3.92. The zero-order chi connectivity index (χ0) is 13.6. The number of aromatic nitrogens is 4. The van der Waals surface area contributed by atoms with Crippen LogP contribution in [-0.2, 0) is 0 Å². The number of halogens is 1. The van der Waals surface area contributed by atoms with Crippen molar-refractivity contribution in [3.63, 3.8) is 0 Å². The number of nitrogens with one attached hydrogen (secondary N) is 3. The van der Waals surface area contributed by atoms with E-state index < -0.39 is 17.1 Å². The Hall–Kier alpha value is -2.90. The molecule has 0 amide bonds. The number of nitrogens with two attached hydrogens (primary N) is 1. The van der Waals surface area contributed by atoms with Gasteiger partial charge in [-0.15, -0.1) is 0 Å². The molecule has 3 aromatic rings. The van der Waals surface area contributed by atoms with Crippen molar-refractivity contribution < 1.29 is 4.39 Å². The summed E-state index contributed by atoms with van der Waals surface area (Å²) in [4.78, 5) is 33.8. The maximum Gasteiger partial charge on any atom is 0.327 e. The Bertz CT molecular complexity index is 892. The normalized spacial score (nSPS) is 11.0. The number of hydrogen-bond acceptors (Lipinski definition) is 4. The van der Waals surface area contributed by atoms with Gasteiger partial charge in [0.15, 0.2) is 5.65 Å². The fraction of sp³-hybridized carbons (Fsp3) is 0. The van der Waals surface area contributed by atoms with Gasteiger partial charge in [-0.3, -0.25) is 14.8 Å². The highest BCUT2D eigenvalue weighted by Crippen LogP contribution is 2.25. The van der Waals surface area contributed by atoms with Gasteiger partial charge < -0.3 is 10.7 Å². The first kappa shape index (κ1) is 11.2. The van der Waals surface area contributed by atoms with Crippen LogP contribution in [0.15, 0.2) is 27.8 Å². The average Bonchev–Trinajstić information content (AvgIpc) is 2.76. The van der Waals surface area contributed by atoms with E-state index in [1.54, 1.807) is 6.07 Å². The largest absolute Gasteiger partial charge is 0.396 e. The molecular formula is C11H8FN5O2. The number of fused-ring (bicyclic) bond motifs is 1. The number of rotatable bonds is 1. The molecule has 7 nitrogen and oxygen atoms in total. The molecule has 0 aliphatic rings. The van der Waals surface area contributed by atoms with Gasteiger partial charge in [-0.2, -0.15) is 0 Å². The Morgan fingerprint density at radius 3 is 2.74 bits per heavy atom. The number of anilines is 1. The van der Waals surface area contributed by atoms with Gasteiger partial charge in [0.05, 0.1) is 5.69 Å². The molecule has 0 atom stereocenters. The molecule has 0 radical (unpaired) electrons. The molecule has 0 spiro atoms. The van der Waals surface area contributed by atoms with E-state index in [0.717, 1.165) is 0 Å². The highest BCUT2D eigenvalue weighted by molar-refractivity contribution is 5.79. The van der Waals surface area contributed by atoms with Crippen LogP contribution in [0.3, 0.4) is 0 Å². The van der Waals surface area contributed by atoms with Crippen LogP contribution in [0.2, 0.25) is 0 Å². The van der Waals surface area contributed by atoms with E-state index in [-0.39, 0.29) is 22.7 Å². The Balaban J connectivity index is 2.33. The predicted molar refractivity (Wildman–Crippen MR) is 67.1 cm³/mol. The van der Waals surface area contributed by atoms with Crippen LogP contribution in [-0.4, -0.2) is 19.9 Å². The van der Waals surface area contributed by atoms with Crippen LogP contribution in [0.25, 0.3) is 22.6 Å². The maximum absolute atomic E-state index is 13.4. The van der Waals surface area contributed by atoms with E-state index in [4.69, 9.17) is 5.73 Å². The fourth-order valence-electron chi connectivity index (χ4n) is 1.80. The van der Waals surface area contributed by atoms with E-state index >= 15 is 0 Å². The van der Waals surface area contributed by atoms with Crippen molar-refractivity contribution in [3.05, 3.63) is 44.9 Å². The Morgan fingerprint density at radius 2 is 1.95 bits per heavy atom. The van der Waals surface area contributed by atoms with Gasteiger partial charge in [0.25, 0.3) is 5.56 Å². The molecule has 3 rings (SSSR count). The number of hydrogen-bond donors (Lipinski definition) is 4. The Morgan fingerprint density at radius 1 is 1.16 bits per heavy atom. The van der Waals surface area contributed by atoms with Crippen LogP contribution in [0.5, 0.6) is 0 Å². The molecule has 19 heavy (non-hydrogen) atoms. The molecule has 5 N–H and O–H groups in total. The van der Waals surface area contributed by atoms with Crippen molar-refractivity contribution in [3.8, 4) is 11.4 Å². The summed E-state index contributed by atoms with van der Waals surface area (Å²) >= 11 is 0. The standard InChI is InChI=1S/C11H8FN5O2/c12-5-3-1-2-4(6(5)13)8-14-7-9(15-8)16-11(19)17-10(7)18/h1-3H,13H2,(H3,14,15,16,17,18,19). The van der Waals surface area contributed by atoms with Gasteiger partial charge >= 0.3 is 5.69 Å². The lowest BCUT2D eigenvalue weighted by Crippen LogP contribution is -2.21. The third-order valence-electron chi connectivity index (χ3n) is 2.70. The molecule has 0 fully saturated rings. The third kappa shape index (κ3) is 1.69. The summed E-state index contributed by atoms with van der Waals surface area (Å²) in [5, 5.41) is 0. The van der Waals surface area contributed by atoms with Crippen LogP contribution in [0.1, 0.15) is 0 Å². The summed E-state index contributed by atoms with van der Waals surface area (Å²) < 4.78 is 13.4. The fourth-order valence-corrected chi connectivity index (χ4v) is 1.80. The van der Waals surface area contributed by atoms with Crippen molar-refractivity contribution in [2.24, 2.45) is 0 Å². The summed E-state index contributed by atoms with van der Waals surface area (Å²) in [5.74, 6) is -0.375. The average molecular weight is 261 g/mol. The molecule has 0 aliphatic heterocycles. The number of para-hydroxylation sites is 1. The number of imidazole rings is 1. The lowest BCUT2D eigenvalue weighted by Gasteiger charge is -2.02. The first-order valence-electron chi connectivity index (χ1n) is 5.33. The molecule has 2 aromatic heterocycles. The number of H-pyrrole nitrogens is 3. The van der Waals surface area contributed by atoms with Gasteiger partial charge in [0, 0.05) is 5.56 Å². The van der Waals surface area contributed by atoms with E-state index in [9.17, 15) is 14.0 Å². The molecule has 0 unspecified atom stereocenters. The summed E-state index contributed by atoms with van der Waals surface area (Å²) in [5.41, 5.74) is 4.76. The van der Waals surface area contributed by atoms with Crippen molar-refractivity contribution in [1.29, 1.82) is 0 Å². The molecule has 0 bridgehead atoms. The monoisotopic (exact) mass is 261 g/mol. The van der Waals surface area contributed by atoms with Crippen molar-refractivity contribution in [2.75, 3.05) is 5.73 Å². The van der Waals surface area contributed by atoms with E-state index in [1.807, 2.05) is 0 Å². The summed E-state index contributed by atoms with van der Waals surface area (Å²) in [6.45, 7) is 0. The third-order valence-corrected chi connectivity index (χ3v) is 2.70. The highest BCUT2D eigenvalue weighted by Gasteiger charge is 2.13. The Kier molecular flexibility index (Phi) is 2.24. The molecule has 0 aliphatic carbocycles. The van der Waals surface area contributed by atoms with Crippen molar-refractivity contribution in [2.45, 2.75) is 0 Å². The Labute approximate surface area is 104 Å². The lowest BCUT2D eigenvalue weighted by atomic mass is 10.1. The number of nitrogen functional groups attached to an aromatic ring is 1. The van der Waals surface area contributed by atoms with E-state index in [1.165, 1.54) is 12.1 Å². The molecule has 96 valence electrons. The van der Waals surface area contributed by atoms with Crippen LogP contribution >= 0.6 is 0 Å². The quantitative estimate of drug-likeness (QED) is 0.471. The molecule has 8 heteroatoms. The SMILES string of the molecule is Nc1c(F)cccc1-c1nc2[nH]c(=O)[nH]c(=O)c2[nH]1. The van der Waals surface area contributed by atoms with Gasteiger partial charge in [-0.25, -0.2) is 14.2 Å². The van der Waals surface area contributed by atoms with Gasteiger partial charge in [-0.05, 0) is 12.1 Å². The van der Waals surface area contributed by atoms with Gasteiger partial charge in [-0.1, -0.05) is 6.07 Å². The minimum atomic E-state index is -0.664. The topological polar surface area (TPSA) is 120 Å². The summed E-state index contributed by atoms with van der Waals surface area (Å²) in [7, 11) is 0. The minimum absolute atomic E-state index is 0.0830. The lowest BCUT2D eigenvalue weighted by molar-refractivity contribution is 0.633. The predicted octanol–water partition coefficient (Wildman–Crippen LogP) is 0.328. The zero-order valence-electron chi connectivity index (χ0n) is 9.45. The second-order valence-corrected chi connectivity index (χ2v) is 3.92. The second kappa shape index (κ2) is 3.80. The first-order chi connectivity index (χ1) is 9.06. The van der Waals surface area contributed by atoms with Gasteiger partial charge in [0.1, 0.15) is 17.2 Å². The first-order valence-corrected chi connectivity index (χ1v) is 5.33. The van der Waals surface area contributed by atoms with Crippen molar-refractivity contribution in [1.82, 2.24) is 19.9 Å². The summed E-state index contributed by atoms with van der Waals surface area (Å²) in [6.07, 6.45) is 0. The highest BCUT2D eigenvalue weighted by atomic mass is 19.1. The smallest absolute Gasteiger partial charge is 0.327 e. The molecule has 2 heterocycles. The molecule has 0 saturated heterocycles. The molecule has 0 saturated carbocycles. The molecular weight excluding hydrogens is 253 g/mol. The summed E-state index contributed by atoms with van der Waals surface area (Å²) in [6, 6.07) is 4.25.